The number of rotatable bonds is 5. The summed E-state index contributed by atoms with van der Waals surface area (Å²) in [6, 6.07) is 11.0. The summed E-state index contributed by atoms with van der Waals surface area (Å²) in [6.07, 6.45) is 3.44. The fourth-order valence-corrected chi connectivity index (χ4v) is 3.10. The summed E-state index contributed by atoms with van der Waals surface area (Å²) in [7, 11) is 0. The first kappa shape index (κ1) is 14.5. The van der Waals surface area contributed by atoms with Crippen LogP contribution in [-0.4, -0.2) is 43.0 Å². The molecule has 2 aliphatic rings. The van der Waals surface area contributed by atoms with Crippen molar-refractivity contribution in [3.8, 4) is 0 Å². The number of benzene rings is 1. The fraction of sp³-hybridized carbons (Fsp3) is 0.562. The van der Waals surface area contributed by atoms with Crippen molar-refractivity contribution in [2.24, 2.45) is 0 Å². The smallest absolute Gasteiger partial charge is 0.234 e. The van der Waals surface area contributed by atoms with Crippen LogP contribution in [0.15, 0.2) is 30.3 Å². The molecule has 2 saturated heterocycles. The second kappa shape index (κ2) is 7.02. The summed E-state index contributed by atoms with van der Waals surface area (Å²) in [5.41, 5.74) is 7.87. The third-order valence-corrected chi connectivity index (χ3v) is 4.30. The molecule has 2 aliphatic heterocycles. The van der Waals surface area contributed by atoms with Crippen molar-refractivity contribution in [3.63, 3.8) is 0 Å². The third-order valence-electron chi connectivity index (χ3n) is 4.30. The number of amides is 1. The van der Waals surface area contributed by atoms with E-state index in [2.05, 4.69) is 45.3 Å². The van der Waals surface area contributed by atoms with Crippen molar-refractivity contribution >= 4 is 5.91 Å². The number of hydrazine groups is 1. The molecule has 0 aromatic heterocycles. The summed E-state index contributed by atoms with van der Waals surface area (Å²) >= 11 is 0. The minimum atomic E-state index is 0.141. The molecule has 21 heavy (non-hydrogen) atoms. The van der Waals surface area contributed by atoms with Crippen LogP contribution < -0.4 is 16.2 Å². The van der Waals surface area contributed by atoms with Gasteiger partial charge in [-0.05, 0) is 37.9 Å². The van der Waals surface area contributed by atoms with Gasteiger partial charge in [-0.25, -0.2) is 5.43 Å². The van der Waals surface area contributed by atoms with Crippen LogP contribution in [-0.2, 0) is 4.79 Å². The Balaban J connectivity index is 1.39. The number of likely N-dealkylation sites (tertiary alicyclic amines) is 1. The average molecular weight is 288 g/mol. The lowest BCUT2D eigenvalue weighted by Crippen LogP contribution is -2.43. The highest BCUT2D eigenvalue weighted by atomic mass is 16.2. The van der Waals surface area contributed by atoms with Gasteiger partial charge >= 0.3 is 0 Å². The highest BCUT2D eigenvalue weighted by Gasteiger charge is 2.25. The Morgan fingerprint density at radius 2 is 1.95 bits per heavy atom. The molecule has 0 bridgehead atoms. The lowest BCUT2D eigenvalue weighted by Gasteiger charge is -2.16. The normalized spacial score (nSPS) is 26.1. The lowest BCUT2D eigenvalue weighted by molar-refractivity contribution is -0.122. The van der Waals surface area contributed by atoms with Gasteiger partial charge in [0.1, 0.15) is 0 Å². The van der Waals surface area contributed by atoms with Crippen LogP contribution in [0.1, 0.15) is 30.9 Å². The SMILES string of the molecule is O=C(CN1CCCC1)NCC1CC(c2ccccc2)NN1. The molecule has 2 fully saturated rings. The van der Waals surface area contributed by atoms with Crippen LogP contribution in [0.4, 0.5) is 0 Å². The van der Waals surface area contributed by atoms with Gasteiger partial charge in [-0.2, -0.15) is 0 Å². The van der Waals surface area contributed by atoms with E-state index in [1.54, 1.807) is 0 Å². The molecule has 3 rings (SSSR count). The predicted octanol–water partition coefficient (Wildman–Crippen LogP) is 0.806. The van der Waals surface area contributed by atoms with Gasteiger partial charge in [0.05, 0.1) is 6.54 Å². The molecular formula is C16H24N4O. The van der Waals surface area contributed by atoms with Crippen molar-refractivity contribution < 1.29 is 4.79 Å². The maximum absolute atomic E-state index is 11.9. The van der Waals surface area contributed by atoms with E-state index in [4.69, 9.17) is 0 Å². The maximum atomic E-state index is 11.9. The van der Waals surface area contributed by atoms with Crippen LogP contribution in [0.25, 0.3) is 0 Å². The van der Waals surface area contributed by atoms with Crippen molar-refractivity contribution in [1.29, 1.82) is 0 Å². The average Bonchev–Trinajstić information content (AvgIpc) is 3.17. The molecule has 0 radical (unpaired) electrons. The molecule has 1 amide bonds. The van der Waals surface area contributed by atoms with E-state index >= 15 is 0 Å². The first-order valence-corrected chi connectivity index (χ1v) is 7.86. The Bertz CT molecular complexity index is 459. The van der Waals surface area contributed by atoms with E-state index in [0.29, 0.717) is 19.1 Å². The number of nitrogens with zero attached hydrogens (tertiary/aromatic N) is 1. The van der Waals surface area contributed by atoms with Crippen molar-refractivity contribution in [2.75, 3.05) is 26.2 Å². The lowest BCUT2D eigenvalue weighted by atomic mass is 10.0. The Labute approximate surface area is 126 Å². The molecular weight excluding hydrogens is 264 g/mol. The van der Waals surface area contributed by atoms with Crippen molar-refractivity contribution in [1.82, 2.24) is 21.1 Å². The van der Waals surface area contributed by atoms with E-state index in [-0.39, 0.29) is 11.9 Å². The molecule has 5 heteroatoms. The second-order valence-corrected chi connectivity index (χ2v) is 5.97. The maximum Gasteiger partial charge on any atom is 0.234 e. The van der Waals surface area contributed by atoms with Gasteiger partial charge < -0.3 is 5.32 Å². The molecule has 0 spiro atoms. The van der Waals surface area contributed by atoms with E-state index in [0.717, 1.165) is 19.5 Å². The molecule has 0 aliphatic carbocycles. The molecule has 2 atom stereocenters. The first-order chi connectivity index (χ1) is 10.3. The van der Waals surface area contributed by atoms with Gasteiger partial charge in [-0.3, -0.25) is 15.1 Å². The zero-order valence-corrected chi connectivity index (χ0v) is 12.3. The number of carbonyl (C=O) groups is 1. The largest absolute Gasteiger partial charge is 0.353 e. The van der Waals surface area contributed by atoms with Crippen LogP contribution in [0.3, 0.4) is 0 Å². The number of hydrogen-bond acceptors (Lipinski definition) is 4. The standard InChI is InChI=1S/C16H24N4O/c21-16(12-20-8-4-5-9-20)17-11-14-10-15(19-18-14)13-6-2-1-3-7-13/h1-3,6-7,14-15,18-19H,4-5,8-12H2,(H,17,21). The zero-order valence-electron chi connectivity index (χ0n) is 12.3. The van der Waals surface area contributed by atoms with Crippen LogP contribution in [0.5, 0.6) is 0 Å². The number of hydrogen-bond donors (Lipinski definition) is 3. The molecule has 3 N–H and O–H groups in total. The number of carbonyl (C=O) groups excluding carboxylic acids is 1. The van der Waals surface area contributed by atoms with Crippen LogP contribution in [0, 0.1) is 0 Å². The Kier molecular flexibility index (Phi) is 4.85. The third kappa shape index (κ3) is 4.03. The Hall–Kier alpha value is -1.43. The first-order valence-electron chi connectivity index (χ1n) is 7.86. The van der Waals surface area contributed by atoms with E-state index < -0.39 is 0 Å². The van der Waals surface area contributed by atoms with Crippen LogP contribution >= 0.6 is 0 Å². The fourth-order valence-electron chi connectivity index (χ4n) is 3.10. The zero-order chi connectivity index (χ0) is 14.5. The summed E-state index contributed by atoms with van der Waals surface area (Å²) in [5.74, 6) is 0.141. The predicted molar refractivity (Wildman–Crippen MR) is 82.5 cm³/mol. The molecule has 2 heterocycles. The van der Waals surface area contributed by atoms with Gasteiger partial charge in [0.25, 0.3) is 0 Å². The van der Waals surface area contributed by atoms with E-state index in [1.165, 1.54) is 18.4 Å². The van der Waals surface area contributed by atoms with E-state index in [9.17, 15) is 4.79 Å². The summed E-state index contributed by atoms with van der Waals surface area (Å²) < 4.78 is 0. The molecule has 1 aromatic carbocycles. The Morgan fingerprint density at radius 1 is 1.19 bits per heavy atom. The second-order valence-electron chi connectivity index (χ2n) is 5.97. The molecule has 114 valence electrons. The minimum absolute atomic E-state index is 0.141. The Morgan fingerprint density at radius 3 is 2.71 bits per heavy atom. The molecule has 2 unspecified atom stereocenters. The quantitative estimate of drug-likeness (QED) is 0.750. The summed E-state index contributed by atoms with van der Waals surface area (Å²) in [5, 5.41) is 3.04. The van der Waals surface area contributed by atoms with Gasteiger partial charge in [0.2, 0.25) is 5.91 Å². The van der Waals surface area contributed by atoms with Gasteiger partial charge in [0, 0.05) is 18.6 Å². The van der Waals surface area contributed by atoms with Gasteiger partial charge in [-0.1, -0.05) is 30.3 Å². The van der Waals surface area contributed by atoms with Gasteiger partial charge in [-0.15, -0.1) is 0 Å². The van der Waals surface area contributed by atoms with Gasteiger partial charge in [0.15, 0.2) is 0 Å². The molecule has 0 saturated carbocycles. The summed E-state index contributed by atoms with van der Waals surface area (Å²) in [4.78, 5) is 14.1. The number of nitrogens with one attached hydrogen (secondary N) is 3. The van der Waals surface area contributed by atoms with Crippen molar-refractivity contribution in [2.45, 2.75) is 31.3 Å². The molecule has 1 aromatic rings. The minimum Gasteiger partial charge on any atom is -0.353 e. The molecule has 5 nitrogen and oxygen atoms in total. The highest BCUT2D eigenvalue weighted by Crippen LogP contribution is 2.21. The van der Waals surface area contributed by atoms with Crippen molar-refractivity contribution in [3.05, 3.63) is 35.9 Å². The summed E-state index contributed by atoms with van der Waals surface area (Å²) in [6.45, 7) is 3.35. The van der Waals surface area contributed by atoms with E-state index in [1.807, 2.05) is 6.07 Å². The highest BCUT2D eigenvalue weighted by molar-refractivity contribution is 5.78. The van der Waals surface area contributed by atoms with Crippen LogP contribution in [0.2, 0.25) is 0 Å². The monoisotopic (exact) mass is 288 g/mol. The topological polar surface area (TPSA) is 56.4 Å².